The highest BCUT2D eigenvalue weighted by atomic mass is 32.1. The van der Waals surface area contributed by atoms with Crippen LogP contribution in [0.1, 0.15) is 31.2 Å². The normalized spacial score (nSPS) is 16.2. The van der Waals surface area contributed by atoms with Gasteiger partial charge in [-0.3, -0.25) is 4.79 Å². The van der Waals surface area contributed by atoms with Crippen molar-refractivity contribution < 1.29 is 4.79 Å². The molecule has 0 radical (unpaired) electrons. The molecule has 0 saturated heterocycles. The third-order valence-corrected chi connectivity index (χ3v) is 5.08. The highest BCUT2D eigenvalue weighted by Crippen LogP contribution is 2.32. The van der Waals surface area contributed by atoms with Gasteiger partial charge in [-0.05, 0) is 41.7 Å². The Hall–Kier alpha value is -1.66. The zero-order valence-corrected chi connectivity index (χ0v) is 13.5. The van der Waals surface area contributed by atoms with E-state index in [0.29, 0.717) is 19.5 Å². The van der Waals surface area contributed by atoms with Crippen LogP contribution in [0.3, 0.4) is 0 Å². The molecular formula is C16H22N4OS. The van der Waals surface area contributed by atoms with E-state index in [0.717, 1.165) is 25.8 Å². The fourth-order valence-electron chi connectivity index (χ4n) is 2.77. The lowest BCUT2D eigenvalue weighted by Crippen LogP contribution is -2.50. The van der Waals surface area contributed by atoms with Gasteiger partial charge in [-0.15, -0.1) is 0 Å². The number of carbonyl (C=O) groups is 1. The van der Waals surface area contributed by atoms with Crippen molar-refractivity contribution in [2.45, 2.75) is 44.3 Å². The molecule has 1 fully saturated rings. The van der Waals surface area contributed by atoms with Gasteiger partial charge in [-0.2, -0.15) is 11.3 Å². The summed E-state index contributed by atoms with van der Waals surface area (Å²) in [6.45, 7) is 2.10. The molecule has 0 unspecified atom stereocenters. The predicted molar refractivity (Wildman–Crippen MR) is 87.3 cm³/mol. The molecule has 118 valence electrons. The molecule has 0 bridgehead atoms. The predicted octanol–water partition coefficient (Wildman–Crippen LogP) is 2.24. The summed E-state index contributed by atoms with van der Waals surface area (Å²) in [5, 5.41) is 4.14. The third kappa shape index (κ3) is 3.75. The maximum absolute atomic E-state index is 12.7. The monoisotopic (exact) mass is 318 g/mol. The van der Waals surface area contributed by atoms with Crippen LogP contribution in [0.4, 0.5) is 0 Å². The van der Waals surface area contributed by atoms with Crippen LogP contribution in [0.15, 0.2) is 35.5 Å². The number of aromatic nitrogens is 2. The van der Waals surface area contributed by atoms with Crippen LogP contribution >= 0.6 is 11.3 Å². The van der Waals surface area contributed by atoms with E-state index in [4.69, 9.17) is 5.73 Å². The Kier molecular flexibility index (Phi) is 4.59. The minimum Gasteiger partial charge on any atom is -0.336 e. The average molecular weight is 318 g/mol. The Morgan fingerprint density at radius 1 is 1.50 bits per heavy atom. The maximum Gasteiger partial charge on any atom is 0.224 e. The van der Waals surface area contributed by atoms with Crippen LogP contribution in [0.2, 0.25) is 0 Å². The molecular weight excluding hydrogens is 296 g/mol. The molecule has 0 aromatic carbocycles. The molecule has 0 aliphatic heterocycles. The van der Waals surface area contributed by atoms with Crippen LogP contribution in [-0.2, 0) is 17.9 Å². The Morgan fingerprint density at radius 3 is 2.95 bits per heavy atom. The zero-order chi connectivity index (χ0) is 15.4. The van der Waals surface area contributed by atoms with Gasteiger partial charge in [0, 0.05) is 44.0 Å². The summed E-state index contributed by atoms with van der Waals surface area (Å²) in [7, 11) is 0. The SMILES string of the molecule is NC1(CC(=O)N(CCn2ccnc2)Cc2ccsc2)CCC1. The van der Waals surface area contributed by atoms with Gasteiger partial charge in [0.1, 0.15) is 0 Å². The molecule has 3 rings (SSSR count). The van der Waals surface area contributed by atoms with Crippen molar-refractivity contribution in [3.8, 4) is 0 Å². The summed E-state index contributed by atoms with van der Waals surface area (Å²) in [5.74, 6) is 0.161. The number of imidazole rings is 1. The van der Waals surface area contributed by atoms with Gasteiger partial charge in [0.25, 0.3) is 0 Å². The standard InChI is InChI=1S/C16H22N4OS/c17-16(3-1-4-16)10-15(21)20(11-14-2-9-22-12-14)8-7-19-6-5-18-13-19/h2,5-6,9,12-13H,1,3-4,7-8,10-11,17H2. The van der Waals surface area contributed by atoms with Crippen molar-refractivity contribution in [3.63, 3.8) is 0 Å². The summed E-state index contributed by atoms with van der Waals surface area (Å²) in [5.41, 5.74) is 7.16. The number of nitrogens with zero attached hydrogens (tertiary/aromatic N) is 3. The van der Waals surface area contributed by atoms with E-state index < -0.39 is 0 Å². The van der Waals surface area contributed by atoms with Crippen molar-refractivity contribution in [3.05, 3.63) is 41.1 Å². The molecule has 0 atom stereocenters. The van der Waals surface area contributed by atoms with Crippen molar-refractivity contribution >= 4 is 17.2 Å². The Balaban J connectivity index is 1.63. The summed E-state index contributed by atoms with van der Waals surface area (Å²) in [6.07, 6.45) is 8.99. The molecule has 2 N–H and O–H groups in total. The number of rotatable bonds is 7. The molecule has 2 heterocycles. The van der Waals surface area contributed by atoms with Gasteiger partial charge < -0.3 is 15.2 Å². The second-order valence-electron chi connectivity index (χ2n) is 6.14. The number of carbonyl (C=O) groups excluding carboxylic acids is 1. The van der Waals surface area contributed by atoms with Gasteiger partial charge >= 0.3 is 0 Å². The highest BCUT2D eigenvalue weighted by Gasteiger charge is 2.35. The first-order chi connectivity index (χ1) is 10.6. The lowest BCUT2D eigenvalue weighted by Gasteiger charge is -2.39. The Morgan fingerprint density at radius 2 is 2.36 bits per heavy atom. The minimum atomic E-state index is -0.265. The number of hydrogen-bond donors (Lipinski definition) is 1. The largest absolute Gasteiger partial charge is 0.336 e. The highest BCUT2D eigenvalue weighted by molar-refractivity contribution is 7.07. The third-order valence-electron chi connectivity index (χ3n) is 4.35. The first-order valence-electron chi connectivity index (χ1n) is 7.68. The number of nitrogens with two attached hydrogens (primary N) is 1. The summed E-state index contributed by atoms with van der Waals surface area (Å²) >= 11 is 1.66. The molecule has 1 aliphatic rings. The van der Waals surface area contributed by atoms with Crippen molar-refractivity contribution in [2.24, 2.45) is 5.73 Å². The molecule has 5 nitrogen and oxygen atoms in total. The second kappa shape index (κ2) is 6.62. The molecule has 0 spiro atoms. The zero-order valence-electron chi connectivity index (χ0n) is 12.6. The van der Waals surface area contributed by atoms with Crippen molar-refractivity contribution in [1.82, 2.24) is 14.5 Å². The Labute approximate surface area is 134 Å². The van der Waals surface area contributed by atoms with Crippen LogP contribution < -0.4 is 5.73 Å². The van der Waals surface area contributed by atoms with Gasteiger partial charge in [-0.1, -0.05) is 0 Å². The van der Waals surface area contributed by atoms with E-state index >= 15 is 0 Å². The van der Waals surface area contributed by atoms with E-state index in [-0.39, 0.29) is 11.4 Å². The lowest BCUT2D eigenvalue weighted by molar-refractivity contribution is -0.134. The molecule has 1 saturated carbocycles. The topological polar surface area (TPSA) is 64.2 Å². The molecule has 1 aliphatic carbocycles. The van der Waals surface area contributed by atoms with Gasteiger partial charge in [0.05, 0.1) is 6.33 Å². The van der Waals surface area contributed by atoms with E-state index in [1.807, 2.05) is 21.0 Å². The van der Waals surface area contributed by atoms with Crippen LogP contribution in [-0.4, -0.2) is 32.4 Å². The fraction of sp³-hybridized carbons (Fsp3) is 0.500. The second-order valence-corrected chi connectivity index (χ2v) is 6.92. The lowest BCUT2D eigenvalue weighted by atomic mass is 9.75. The molecule has 1 amide bonds. The van der Waals surface area contributed by atoms with Gasteiger partial charge in [0.15, 0.2) is 0 Å². The number of hydrogen-bond acceptors (Lipinski definition) is 4. The van der Waals surface area contributed by atoms with Gasteiger partial charge in [0.2, 0.25) is 5.91 Å². The van der Waals surface area contributed by atoms with E-state index in [1.54, 1.807) is 23.9 Å². The van der Waals surface area contributed by atoms with Crippen LogP contribution in [0, 0.1) is 0 Å². The average Bonchev–Trinajstić information content (AvgIpc) is 3.14. The van der Waals surface area contributed by atoms with Crippen LogP contribution in [0.25, 0.3) is 0 Å². The fourth-order valence-corrected chi connectivity index (χ4v) is 3.43. The van der Waals surface area contributed by atoms with E-state index in [1.165, 1.54) is 5.56 Å². The first-order valence-corrected chi connectivity index (χ1v) is 8.62. The molecule has 2 aromatic rings. The van der Waals surface area contributed by atoms with E-state index in [2.05, 4.69) is 16.4 Å². The smallest absolute Gasteiger partial charge is 0.224 e. The quantitative estimate of drug-likeness (QED) is 0.851. The molecule has 22 heavy (non-hydrogen) atoms. The summed E-state index contributed by atoms with van der Waals surface area (Å²) in [6, 6.07) is 2.07. The Bertz CT molecular complexity index is 590. The van der Waals surface area contributed by atoms with Crippen LogP contribution in [0.5, 0.6) is 0 Å². The van der Waals surface area contributed by atoms with Gasteiger partial charge in [-0.25, -0.2) is 4.98 Å². The summed E-state index contributed by atoms with van der Waals surface area (Å²) < 4.78 is 2.00. The first kappa shape index (κ1) is 15.2. The number of thiophene rings is 1. The molecule has 2 aromatic heterocycles. The maximum atomic E-state index is 12.7. The number of amides is 1. The van der Waals surface area contributed by atoms with Crippen molar-refractivity contribution in [2.75, 3.05) is 6.54 Å². The summed E-state index contributed by atoms with van der Waals surface area (Å²) in [4.78, 5) is 18.6. The van der Waals surface area contributed by atoms with Crippen molar-refractivity contribution in [1.29, 1.82) is 0 Å². The molecule has 6 heteroatoms. The van der Waals surface area contributed by atoms with E-state index in [9.17, 15) is 4.79 Å². The minimum absolute atomic E-state index is 0.161.